The maximum absolute atomic E-state index is 13.0. The van der Waals surface area contributed by atoms with Crippen molar-refractivity contribution in [2.45, 2.75) is 13.2 Å². The van der Waals surface area contributed by atoms with Crippen LogP contribution in [0, 0.1) is 5.82 Å². The summed E-state index contributed by atoms with van der Waals surface area (Å²) in [6.07, 6.45) is 1.46. The molecule has 0 spiro atoms. The zero-order chi connectivity index (χ0) is 20.3. The quantitative estimate of drug-likeness (QED) is 0.649. The highest BCUT2D eigenvalue weighted by Crippen LogP contribution is 2.35. The molecule has 0 bridgehead atoms. The van der Waals surface area contributed by atoms with Crippen LogP contribution in [-0.2, 0) is 11.3 Å². The monoisotopic (exact) mass is 409 g/mol. The van der Waals surface area contributed by atoms with Crippen LogP contribution in [-0.4, -0.2) is 29.8 Å². The van der Waals surface area contributed by atoms with Gasteiger partial charge in [0.2, 0.25) is 0 Å². The van der Waals surface area contributed by atoms with E-state index in [0.29, 0.717) is 11.1 Å². The number of imide groups is 1. The topological polar surface area (TPSA) is 55.8 Å². The molecule has 0 N–H and O–H groups in total. The number of carbonyl (C=O) groups excluding carboxylic acids is 2. The van der Waals surface area contributed by atoms with Gasteiger partial charge in [0.25, 0.3) is 11.1 Å². The predicted molar refractivity (Wildman–Crippen MR) is 97.5 cm³/mol. The van der Waals surface area contributed by atoms with Gasteiger partial charge in [0.15, 0.2) is 11.5 Å². The van der Waals surface area contributed by atoms with Crippen LogP contribution in [0.4, 0.5) is 18.0 Å². The SMILES string of the molecule is COc1cc(/C=C2\SC(=O)N(Cc3ccc(F)cc3)C2=O)ccc1OC(F)F. The number of carbonyl (C=O) groups is 2. The number of benzene rings is 2. The van der Waals surface area contributed by atoms with Gasteiger partial charge in [0.1, 0.15) is 5.82 Å². The standard InChI is InChI=1S/C19H14F3NO4S/c1-26-15-8-12(4-7-14(15)27-18(21)22)9-16-17(24)23(19(25)28-16)10-11-2-5-13(20)6-3-11/h2-9,18H,10H2,1H3/b16-9-. The van der Waals surface area contributed by atoms with Crippen molar-refractivity contribution in [1.29, 1.82) is 0 Å². The lowest BCUT2D eigenvalue weighted by molar-refractivity contribution is -0.123. The number of methoxy groups -OCH3 is 1. The molecule has 5 nitrogen and oxygen atoms in total. The van der Waals surface area contributed by atoms with Crippen molar-refractivity contribution in [3.63, 3.8) is 0 Å². The molecule has 1 aliphatic rings. The number of halogens is 3. The van der Waals surface area contributed by atoms with Gasteiger partial charge in [-0.15, -0.1) is 0 Å². The molecule has 0 aromatic heterocycles. The van der Waals surface area contributed by atoms with E-state index in [1.807, 2.05) is 0 Å². The van der Waals surface area contributed by atoms with Crippen LogP contribution in [0.15, 0.2) is 47.4 Å². The third kappa shape index (κ3) is 4.48. The Kier molecular flexibility index (Phi) is 5.93. The van der Waals surface area contributed by atoms with Crippen LogP contribution in [0.3, 0.4) is 0 Å². The Morgan fingerprint density at radius 1 is 1.11 bits per heavy atom. The van der Waals surface area contributed by atoms with Crippen LogP contribution in [0.5, 0.6) is 11.5 Å². The minimum absolute atomic E-state index is 0.0206. The minimum Gasteiger partial charge on any atom is -0.493 e. The number of nitrogens with zero attached hydrogens (tertiary/aromatic N) is 1. The Morgan fingerprint density at radius 2 is 1.82 bits per heavy atom. The molecule has 0 aliphatic carbocycles. The molecule has 28 heavy (non-hydrogen) atoms. The summed E-state index contributed by atoms with van der Waals surface area (Å²) in [4.78, 5) is 26.0. The first-order valence-corrected chi connectivity index (χ1v) is 8.81. The minimum atomic E-state index is -3.00. The van der Waals surface area contributed by atoms with E-state index in [-0.39, 0.29) is 22.9 Å². The first-order chi connectivity index (χ1) is 13.4. The number of ether oxygens (including phenoxy) is 2. The summed E-state index contributed by atoms with van der Waals surface area (Å²) < 4.78 is 47.2. The van der Waals surface area contributed by atoms with Crippen LogP contribution >= 0.6 is 11.8 Å². The lowest BCUT2D eigenvalue weighted by Gasteiger charge is -2.12. The van der Waals surface area contributed by atoms with E-state index in [4.69, 9.17) is 4.74 Å². The summed E-state index contributed by atoms with van der Waals surface area (Å²) in [5, 5.41) is -0.454. The lowest BCUT2D eigenvalue weighted by atomic mass is 10.1. The van der Waals surface area contributed by atoms with Gasteiger partial charge >= 0.3 is 6.61 Å². The van der Waals surface area contributed by atoms with E-state index in [0.717, 1.165) is 16.7 Å². The van der Waals surface area contributed by atoms with E-state index in [9.17, 15) is 22.8 Å². The number of amides is 2. The van der Waals surface area contributed by atoms with E-state index in [1.54, 1.807) is 0 Å². The second kappa shape index (κ2) is 8.39. The summed E-state index contributed by atoms with van der Waals surface area (Å²) in [7, 11) is 1.30. The Labute approximate surface area is 162 Å². The molecule has 0 saturated carbocycles. The zero-order valence-corrected chi connectivity index (χ0v) is 15.3. The molecule has 0 radical (unpaired) electrons. The van der Waals surface area contributed by atoms with E-state index >= 15 is 0 Å². The third-order valence-electron chi connectivity index (χ3n) is 3.83. The number of thioether (sulfide) groups is 1. The number of alkyl halides is 2. The number of hydrogen-bond donors (Lipinski definition) is 0. The molecule has 1 heterocycles. The molecular weight excluding hydrogens is 395 g/mol. The van der Waals surface area contributed by atoms with Crippen molar-refractivity contribution in [3.8, 4) is 11.5 Å². The second-order valence-electron chi connectivity index (χ2n) is 5.68. The van der Waals surface area contributed by atoms with Crippen molar-refractivity contribution in [3.05, 3.63) is 64.3 Å². The van der Waals surface area contributed by atoms with E-state index in [2.05, 4.69) is 4.74 Å². The van der Waals surface area contributed by atoms with Crippen molar-refractivity contribution in [1.82, 2.24) is 4.90 Å². The van der Waals surface area contributed by atoms with Gasteiger partial charge in [0, 0.05) is 0 Å². The highest BCUT2D eigenvalue weighted by atomic mass is 32.2. The maximum atomic E-state index is 13.0. The van der Waals surface area contributed by atoms with Gasteiger partial charge in [-0.25, -0.2) is 4.39 Å². The van der Waals surface area contributed by atoms with Gasteiger partial charge in [-0.1, -0.05) is 18.2 Å². The Hall–Kier alpha value is -2.94. The van der Waals surface area contributed by atoms with Crippen molar-refractivity contribution >= 4 is 29.0 Å². The van der Waals surface area contributed by atoms with Crippen molar-refractivity contribution in [2.75, 3.05) is 7.11 Å². The molecule has 9 heteroatoms. The normalized spacial score (nSPS) is 15.6. The Balaban J connectivity index is 1.80. The highest BCUT2D eigenvalue weighted by Gasteiger charge is 2.35. The fourth-order valence-corrected chi connectivity index (χ4v) is 3.37. The fraction of sp³-hybridized carbons (Fsp3) is 0.158. The molecule has 146 valence electrons. The maximum Gasteiger partial charge on any atom is 0.387 e. The summed E-state index contributed by atoms with van der Waals surface area (Å²) >= 11 is 0.760. The van der Waals surface area contributed by atoms with Crippen molar-refractivity contribution in [2.24, 2.45) is 0 Å². The molecule has 2 aromatic rings. The van der Waals surface area contributed by atoms with Crippen LogP contribution < -0.4 is 9.47 Å². The number of rotatable bonds is 6. The molecule has 2 aromatic carbocycles. The molecular formula is C19H14F3NO4S. The molecule has 1 aliphatic heterocycles. The van der Waals surface area contributed by atoms with Crippen LogP contribution in [0.1, 0.15) is 11.1 Å². The average Bonchev–Trinajstić information content (AvgIpc) is 2.91. The second-order valence-corrected chi connectivity index (χ2v) is 6.68. The van der Waals surface area contributed by atoms with Gasteiger partial charge in [0.05, 0.1) is 18.6 Å². The number of hydrogen-bond acceptors (Lipinski definition) is 5. The predicted octanol–water partition coefficient (Wildman–Crippen LogP) is 4.67. The molecule has 0 atom stereocenters. The van der Waals surface area contributed by atoms with Crippen molar-refractivity contribution < 1.29 is 32.2 Å². The fourth-order valence-electron chi connectivity index (χ4n) is 2.53. The third-order valence-corrected chi connectivity index (χ3v) is 4.74. The molecule has 2 amide bonds. The van der Waals surface area contributed by atoms with Gasteiger partial charge in [-0.3, -0.25) is 14.5 Å². The zero-order valence-electron chi connectivity index (χ0n) is 14.5. The summed E-state index contributed by atoms with van der Waals surface area (Å²) in [6.45, 7) is -2.98. The van der Waals surface area contributed by atoms with E-state index < -0.39 is 23.6 Å². The largest absolute Gasteiger partial charge is 0.493 e. The summed E-state index contributed by atoms with van der Waals surface area (Å²) in [5.74, 6) is -0.976. The van der Waals surface area contributed by atoms with Crippen LogP contribution in [0.2, 0.25) is 0 Å². The molecule has 1 saturated heterocycles. The van der Waals surface area contributed by atoms with Gasteiger partial charge < -0.3 is 9.47 Å². The van der Waals surface area contributed by atoms with Crippen LogP contribution in [0.25, 0.3) is 6.08 Å². The lowest BCUT2D eigenvalue weighted by Crippen LogP contribution is -2.27. The smallest absolute Gasteiger partial charge is 0.387 e. The van der Waals surface area contributed by atoms with E-state index in [1.165, 1.54) is 55.7 Å². The van der Waals surface area contributed by atoms with Gasteiger partial charge in [-0.05, 0) is 53.2 Å². The van der Waals surface area contributed by atoms with Gasteiger partial charge in [-0.2, -0.15) is 8.78 Å². The molecule has 3 rings (SSSR count). The first kappa shape index (κ1) is 19.8. The average molecular weight is 409 g/mol. The Morgan fingerprint density at radius 3 is 2.46 bits per heavy atom. The summed E-state index contributed by atoms with van der Waals surface area (Å²) in [6, 6.07) is 9.67. The summed E-state index contributed by atoms with van der Waals surface area (Å²) in [5.41, 5.74) is 1.09. The highest BCUT2D eigenvalue weighted by molar-refractivity contribution is 8.18. The first-order valence-electron chi connectivity index (χ1n) is 8.00. The Bertz CT molecular complexity index is 931. The molecule has 0 unspecified atom stereocenters. The molecule has 1 fully saturated rings.